The van der Waals surface area contributed by atoms with Gasteiger partial charge in [0.25, 0.3) is 0 Å². The lowest BCUT2D eigenvalue weighted by atomic mass is 10.00. The van der Waals surface area contributed by atoms with Crippen LogP contribution in [0.3, 0.4) is 0 Å². The maximum Gasteiger partial charge on any atom is 0.226 e. The van der Waals surface area contributed by atoms with Crippen LogP contribution in [-0.4, -0.2) is 51.9 Å². The quantitative estimate of drug-likeness (QED) is 0.844. The first-order valence-electron chi connectivity index (χ1n) is 7.32. The standard InChI is InChI=1S/C13H23N5S/c1-10(2)18-12(14-15-13(18)19)17-8-7-16-6-4-3-5-11(16)9-17/h10-11H,3-9H2,1-2H3,(H,15,19). The highest BCUT2D eigenvalue weighted by Gasteiger charge is 2.31. The van der Waals surface area contributed by atoms with Gasteiger partial charge in [-0.25, -0.2) is 5.10 Å². The highest BCUT2D eigenvalue weighted by Crippen LogP contribution is 2.25. The Labute approximate surface area is 119 Å². The predicted octanol–water partition coefficient (Wildman–Crippen LogP) is 2.20. The minimum atomic E-state index is 0.352. The average Bonchev–Trinajstić information content (AvgIpc) is 2.80. The topological polar surface area (TPSA) is 40.1 Å². The molecule has 19 heavy (non-hydrogen) atoms. The van der Waals surface area contributed by atoms with Crippen molar-refractivity contribution >= 4 is 18.2 Å². The summed E-state index contributed by atoms with van der Waals surface area (Å²) in [5.74, 6) is 1.02. The first-order valence-corrected chi connectivity index (χ1v) is 7.73. The van der Waals surface area contributed by atoms with Crippen molar-refractivity contribution in [3.8, 4) is 0 Å². The van der Waals surface area contributed by atoms with Crippen molar-refractivity contribution in [1.82, 2.24) is 19.7 Å². The van der Waals surface area contributed by atoms with E-state index in [9.17, 15) is 0 Å². The van der Waals surface area contributed by atoms with E-state index in [1.807, 2.05) is 0 Å². The van der Waals surface area contributed by atoms with E-state index in [1.165, 1.54) is 25.8 Å². The molecule has 1 aromatic rings. The number of hydrogen-bond acceptors (Lipinski definition) is 4. The lowest BCUT2D eigenvalue weighted by Crippen LogP contribution is -2.55. The number of nitrogens with zero attached hydrogens (tertiary/aromatic N) is 4. The van der Waals surface area contributed by atoms with Gasteiger partial charge in [-0.1, -0.05) is 6.42 Å². The summed E-state index contributed by atoms with van der Waals surface area (Å²) in [5, 5.41) is 7.40. The summed E-state index contributed by atoms with van der Waals surface area (Å²) in [6.07, 6.45) is 4.05. The Bertz CT molecular complexity index is 491. The zero-order chi connectivity index (χ0) is 13.4. The van der Waals surface area contributed by atoms with Gasteiger partial charge in [-0.2, -0.15) is 0 Å². The van der Waals surface area contributed by atoms with Crippen LogP contribution >= 0.6 is 12.2 Å². The molecule has 1 N–H and O–H groups in total. The maximum atomic E-state index is 5.34. The van der Waals surface area contributed by atoms with E-state index < -0.39 is 0 Å². The Kier molecular flexibility index (Phi) is 3.62. The zero-order valence-electron chi connectivity index (χ0n) is 11.8. The Hall–Kier alpha value is -0.880. The Balaban J connectivity index is 1.81. The Morgan fingerprint density at radius 2 is 2.11 bits per heavy atom. The summed E-state index contributed by atoms with van der Waals surface area (Å²) in [6, 6.07) is 1.05. The summed E-state index contributed by atoms with van der Waals surface area (Å²) >= 11 is 5.34. The summed E-state index contributed by atoms with van der Waals surface area (Å²) in [5.41, 5.74) is 0. The molecule has 3 rings (SSSR count). The third-order valence-electron chi connectivity index (χ3n) is 4.32. The molecule has 0 bridgehead atoms. The fourth-order valence-corrected chi connectivity index (χ4v) is 3.66. The molecule has 1 unspecified atom stereocenters. The van der Waals surface area contributed by atoms with Crippen LogP contribution in [0.5, 0.6) is 0 Å². The summed E-state index contributed by atoms with van der Waals surface area (Å²) < 4.78 is 2.87. The van der Waals surface area contributed by atoms with Gasteiger partial charge in [0.1, 0.15) is 0 Å². The van der Waals surface area contributed by atoms with E-state index in [4.69, 9.17) is 12.2 Å². The Morgan fingerprint density at radius 1 is 1.26 bits per heavy atom. The monoisotopic (exact) mass is 281 g/mol. The predicted molar refractivity (Wildman–Crippen MR) is 79.2 cm³/mol. The molecular formula is C13H23N5S. The molecule has 3 heterocycles. The fraction of sp³-hybridized carbons (Fsp3) is 0.846. The van der Waals surface area contributed by atoms with Crippen molar-refractivity contribution in [1.29, 1.82) is 0 Å². The minimum Gasteiger partial charge on any atom is -0.338 e. The van der Waals surface area contributed by atoms with E-state index in [1.54, 1.807) is 0 Å². The van der Waals surface area contributed by atoms with Gasteiger partial charge < -0.3 is 4.90 Å². The number of H-pyrrole nitrogens is 1. The number of hydrogen-bond donors (Lipinski definition) is 1. The molecule has 2 aliphatic heterocycles. The van der Waals surface area contributed by atoms with Crippen LogP contribution < -0.4 is 4.90 Å². The molecule has 0 saturated carbocycles. The van der Waals surface area contributed by atoms with Gasteiger partial charge in [0.2, 0.25) is 5.95 Å². The average molecular weight is 281 g/mol. The third kappa shape index (κ3) is 2.43. The van der Waals surface area contributed by atoms with Crippen LogP contribution in [0, 0.1) is 4.77 Å². The summed E-state index contributed by atoms with van der Waals surface area (Å²) in [4.78, 5) is 5.04. The summed E-state index contributed by atoms with van der Waals surface area (Å²) in [6.45, 7) is 8.89. The zero-order valence-corrected chi connectivity index (χ0v) is 12.6. The molecule has 2 saturated heterocycles. The van der Waals surface area contributed by atoms with Gasteiger partial charge in [0.05, 0.1) is 0 Å². The van der Waals surface area contributed by atoms with Crippen LogP contribution in [-0.2, 0) is 0 Å². The lowest BCUT2D eigenvalue weighted by molar-refractivity contribution is 0.132. The molecule has 1 aromatic heterocycles. The number of fused-ring (bicyclic) bond motifs is 1. The van der Waals surface area contributed by atoms with Gasteiger partial charge in [-0.15, -0.1) is 5.10 Å². The third-order valence-corrected chi connectivity index (χ3v) is 4.61. The molecule has 0 aliphatic carbocycles. The van der Waals surface area contributed by atoms with E-state index in [0.29, 0.717) is 12.1 Å². The number of piperidine rings is 1. The number of rotatable bonds is 2. The molecule has 1 atom stereocenters. The van der Waals surface area contributed by atoms with Crippen molar-refractivity contribution in [2.45, 2.75) is 45.2 Å². The number of anilines is 1. The second-order valence-electron chi connectivity index (χ2n) is 5.92. The molecule has 0 radical (unpaired) electrons. The second kappa shape index (κ2) is 5.25. The molecule has 2 fully saturated rings. The second-order valence-corrected chi connectivity index (χ2v) is 6.31. The Morgan fingerprint density at radius 3 is 2.89 bits per heavy atom. The molecule has 106 valence electrons. The highest BCUT2D eigenvalue weighted by molar-refractivity contribution is 7.71. The first kappa shape index (κ1) is 13.1. The van der Waals surface area contributed by atoms with Crippen molar-refractivity contribution < 1.29 is 0 Å². The van der Waals surface area contributed by atoms with Gasteiger partial charge in [0.15, 0.2) is 4.77 Å². The molecule has 2 aliphatic rings. The van der Waals surface area contributed by atoms with Crippen molar-refractivity contribution in [2.75, 3.05) is 31.1 Å². The first-order chi connectivity index (χ1) is 9.16. The highest BCUT2D eigenvalue weighted by atomic mass is 32.1. The van der Waals surface area contributed by atoms with E-state index >= 15 is 0 Å². The van der Waals surface area contributed by atoms with Crippen LogP contribution in [0.4, 0.5) is 5.95 Å². The van der Waals surface area contributed by atoms with Gasteiger partial charge in [-0.3, -0.25) is 9.47 Å². The van der Waals surface area contributed by atoms with Gasteiger partial charge in [0, 0.05) is 31.7 Å². The van der Waals surface area contributed by atoms with Crippen molar-refractivity contribution in [2.24, 2.45) is 0 Å². The van der Waals surface area contributed by atoms with Crippen molar-refractivity contribution in [3.63, 3.8) is 0 Å². The number of nitrogens with one attached hydrogen (secondary N) is 1. The van der Waals surface area contributed by atoms with Gasteiger partial charge >= 0.3 is 0 Å². The number of aromatic nitrogens is 3. The largest absolute Gasteiger partial charge is 0.338 e. The smallest absolute Gasteiger partial charge is 0.226 e. The maximum absolute atomic E-state index is 5.34. The van der Waals surface area contributed by atoms with E-state index in [2.05, 4.69) is 38.4 Å². The molecular weight excluding hydrogens is 258 g/mol. The van der Waals surface area contributed by atoms with Crippen LogP contribution in [0.15, 0.2) is 0 Å². The number of piperazine rings is 1. The molecule has 0 spiro atoms. The molecule has 0 amide bonds. The fourth-order valence-electron chi connectivity index (χ4n) is 3.32. The van der Waals surface area contributed by atoms with Crippen LogP contribution in [0.2, 0.25) is 0 Å². The van der Waals surface area contributed by atoms with Crippen LogP contribution in [0.25, 0.3) is 0 Å². The minimum absolute atomic E-state index is 0.352. The van der Waals surface area contributed by atoms with E-state index in [0.717, 1.165) is 30.4 Å². The SMILES string of the molecule is CC(C)n1c(N2CCN3CCCCC3C2)n[nH]c1=S. The molecule has 6 heteroatoms. The summed E-state index contributed by atoms with van der Waals surface area (Å²) in [7, 11) is 0. The number of aromatic amines is 1. The normalized spacial score (nSPS) is 24.8. The van der Waals surface area contributed by atoms with Crippen molar-refractivity contribution in [3.05, 3.63) is 4.77 Å². The van der Waals surface area contributed by atoms with E-state index in [-0.39, 0.29) is 0 Å². The molecule has 5 nitrogen and oxygen atoms in total. The molecule has 0 aromatic carbocycles. The van der Waals surface area contributed by atoms with Gasteiger partial charge in [-0.05, 0) is 45.5 Å². The van der Waals surface area contributed by atoms with Crippen LogP contribution in [0.1, 0.15) is 39.2 Å². The lowest BCUT2D eigenvalue weighted by Gasteiger charge is -2.44.